The maximum Gasteiger partial charge on any atom is 0.272 e. The molecule has 0 spiro atoms. The molecule has 5 nitrogen and oxygen atoms in total. The van der Waals surface area contributed by atoms with Crippen LogP contribution in [0.2, 0.25) is 0 Å². The molecule has 0 radical (unpaired) electrons. The van der Waals surface area contributed by atoms with Gasteiger partial charge in [0.15, 0.2) is 0 Å². The Morgan fingerprint density at radius 3 is 2.88 bits per heavy atom. The summed E-state index contributed by atoms with van der Waals surface area (Å²) < 4.78 is 1.16. The molecule has 0 bridgehead atoms. The molecule has 2 aromatic heterocycles. The van der Waals surface area contributed by atoms with Gasteiger partial charge in [0.2, 0.25) is 0 Å². The standard InChI is InChI=1S/C12H11N3O2/c1-9-4-3-7-15(12(9)17)14-11(16)10-5-2-6-13-8-10/h2-8H,1H3,(H,14,16). The SMILES string of the molecule is Cc1cccn(NC(=O)c2cccnc2)c1=O. The largest absolute Gasteiger partial charge is 0.272 e. The van der Waals surface area contributed by atoms with E-state index in [4.69, 9.17) is 0 Å². The van der Waals surface area contributed by atoms with E-state index in [1.807, 2.05) is 0 Å². The van der Waals surface area contributed by atoms with Gasteiger partial charge in [-0.25, -0.2) is 4.68 Å². The van der Waals surface area contributed by atoms with Crippen molar-refractivity contribution in [3.63, 3.8) is 0 Å². The zero-order valence-corrected chi connectivity index (χ0v) is 9.25. The number of carbonyl (C=O) groups excluding carboxylic acids is 1. The molecule has 0 aliphatic rings. The molecule has 1 N–H and O–H groups in total. The van der Waals surface area contributed by atoms with Crippen molar-refractivity contribution in [3.05, 3.63) is 64.3 Å². The van der Waals surface area contributed by atoms with E-state index in [-0.39, 0.29) is 11.5 Å². The van der Waals surface area contributed by atoms with Crippen molar-refractivity contribution in [1.82, 2.24) is 9.66 Å². The zero-order chi connectivity index (χ0) is 12.3. The van der Waals surface area contributed by atoms with Gasteiger partial charge in [-0.1, -0.05) is 6.07 Å². The highest BCUT2D eigenvalue weighted by Gasteiger charge is 2.06. The van der Waals surface area contributed by atoms with Gasteiger partial charge < -0.3 is 0 Å². The Kier molecular flexibility index (Phi) is 3.00. The Morgan fingerprint density at radius 2 is 2.18 bits per heavy atom. The third kappa shape index (κ3) is 2.39. The number of carbonyl (C=O) groups is 1. The summed E-state index contributed by atoms with van der Waals surface area (Å²) in [6, 6.07) is 6.67. The number of amides is 1. The molecule has 2 heterocycles. The summed E-state index contributed by atoms with van der Waals surface area (Å²) >= 11 is 0. The number of nitrogens with one attached hydrogen (secondary N) is 1. The molecule has 0 atom stereocenters. The molecule has 0 saturated carbocycles. The Hall–Kier alpha value is -2.43. The van der Waals surface area contributed by atoms with Crippen molar-refractivity contribution in [2.45, 2.75) is 6.92 Å². The molecule has 2 aromatic rings. The van der Waals surface area contributed by atoms with Crippen molar-refractivity contribution in [2.24, 2.45) is 0 Å². The minimum atomic E-state index is -0.370. The maximum absolute atomic E-state index is 11.8. The number of hydrogen-bond acceptors (Lipinski definition) is 3. The van der Waals surface area contributed by atoms with E-state index in [0.717, 1.165) is 4.68 Å². The van der Waals surface area contributed by atoms with Crippen LogP contribution in [0.25, 0.3) is 0 Å². The average Bonchev–Trinajstić information content (AvgIpc) is 2.36. The summed E-state index contributed by atoms with van der Waals surface area (Å²) in [6.07, 6.45) is 4.52. The summed E-state index contributed by atoms with van der Waals surface area (Å²) in [5, 5.41) is 0. The number of nitrogens with zero attached hydrogens (tertiary/aromatic N) is 2. The lowest BCUT2D eigenvalue weighted by atomic mass is 10.3. The van der Waals surface area contributed by atoms with Gasteiger partial charge in [-0.2, -0.15) is 0 Å². The fraction of sp³-hybridized carbons (Fsp3) is 0.0833. The van der Waals surface area contributed by atoms with Crippen LogP contribution in [-0.2, 0) is 0 Å². The first-order chi connectivity index (χ1) is 8.18. The molecule has 0 fully saturated rings. The lowest BCUT2D eigenvalue weighted by Crippen LogP contribution is -2.33. The minimum Gasteiger partial charge on any atom is -0.267 e. The highest BCUT2D eigenvalue weighted by Crippen LogP contribution is 1.96. The fourth-order valence-electron chi connectivity index (χ4n) is 1.36. The highest BCUT2D eigenvalue weighted by atomic mass is 16.2. The number of hydrogen-bond donors (Lipinski definition) is 1. The Balaban J connectivity index is 2.25. The molecule has 0 aromatic carbocycles. The van der Waals surface area contributed by atoms with E-state index < -0.39 is 0 Å². The first-order valence-electron chi connectivity index (χ1n) is 5.08. The van der Waals surface area contributed by atoms with Gasteiger partial charge in [-0.15, -0.1) is 0 Å². The van der Waals surface area contributed by atoms with Gasteiger partial charge in [0.1, 0.15) is 0 Å². The van der Waals surface area contributed by atoms with E-state index in [0.29, 0.717) is 11.1 Å². The molecule has 1 amide bonds. The van der Waals surface area contributed by atoms with Crippen molar-refractivity contribution in [1.29, 1.82) is 0 Å². The summed E-state index contributed by atoms with van der Waals surface area (Å²) in [7, 11) is 0. The van der Waals surface area contributed by atoms with Gasteiger partial charge in [0.05, 0.1) is 5.56 Å². The van der Waals surface area contributed by atoms with E-state index in [9.17, 15) is 9.59 Å². The number of rotatable bonds is 2. The van der Waals surface area contributed by atoms with E-state index in [1.165, 1.54) is 12.4 Å². The Bertz CT molecular complexity index is 590. The van der Waals surface area contributed by atoms with Crippen LogP contribution in [0.1, 0.15) is 15.9 Å². The zero-order valence-electron chi connectivity index (χ0n) is 9.25. The molecule has 0 saturated heterocycles. The first-order valence-corrected chi connectivity index (χ1v) is 5.08. The smallest absolute Gasteiger partial charge is 0.267 e. The van der Waals surface area contributed by atoms with Crippen LogP contribution >= 0.6 is 0 Å². The molecule has 0 aliphatic carbocycles. The van der Waals surface area contributed by atoms with Crippen LogP contribution in [0.15, 0.2) is 47.7 Å². The van der Waals surface area contributed by atoms with Crippen LogP contribution < -0.4 is 11.0 Å². The van der Waals surface area contributed by atoms with Crippen LogP contribution in [0, 0.1) is 6.92 Å². The topological polar surface area (TPSA) is 64.0 Å². The van der Waals surface area contributed by atoms with Crippen molar-refractivity contribution >= 4 is 5.91 Å². The fourth-order valence-corrected chi connectivity index (χ4v) is 1.36. The van der Waals surface area contributed by atoms with Gasteiger partial charge >= 0.3 is 0 Å². The van der Waals surface area contributed by atoms with Crippen molar-refractivity contribution in [2.75, 3.05) is 5.43 Å². The van der Waals surface area contributed by atoms with E-state index in [1.54, 1.807) is 37.4 Å². The van der Waals surface area contributed by atoms with Crippen molar-refractivity contribution in [3.8, 4) is 0 Å². The first kappa shape index (κ1) is 11.1. The van der Waals surface area contributed by atoms with Gasteiger partial charge in [-0.05, 0) is 25.1 Å². The molecule has 86 valence electrons. The lowest BCUT2D eigenvalue weighted by Gasteiger charge is -2.07. The Morgan fingerprint density at radius 1 is 1.35 bits per heavy atom. The van der Waals surface area contributed by atoms with Gasteiger partial charge in [0, 0.05) is 24.2 Å². The number of pyridine rings is 2. The molecular weight excluding hydrogens is 218 g/mol. The van der Waals surface area contributed by atoms with E-state index >= 15 is 0 Å². The van der Waals surface area contributed by atoms with Crippen LogP contribution in [0.3, 0.4) is 0 Å². The molecular formula is C12H11N3O2. The predicted octanol–water partition coefficient (Wildman–Crippen LogP) is 0.936. The Labute approximate surface area is 97.7 Å². The second kappa shape index (κ2) is 4.61. The summed E-state index contributed by atoms with van der Waals surface area (Å²) in [5.41, 5.74) is 3.22. The van der Waals surface area contributed by atoms with Crippen molar-refractivity contribution < 1.29 is 4.79 Å². The monoisotopic (exact) mass is 229 g/mol. The molecule has 2 rings (SSSR count). The van der Waals surface area contributed by atoms with E-state index in [2.05, 4.69) is 10.4 Å². The lowest BCUT2D eigenvalue weighted by molar-refractivity contribution is 0.101. The molecule has 5 heteroatoms. The average molecular weight is 229 g/mol. The second-order valence-corrected chi connectivity index (χ2v) is 3.55. The normalized spacial score (nSPS) is 9.94. The van der Waals surface area contributed by atoms with Gasteiger partial charge in [-0.3, -0.25) is 20.0 Å². The summed E-state index contributed by atoms with van der Waals surface area (Å²) in [5.74, 6) is -0.370. The molecule has 0 unspecified atom stereocenters. The third-order valence-corrected chi connectivity index (χ3v) is 2.28. The molecule has 0 aliphatic heterocycles. The predicted molar refractivity (Wildman–Crippen MR) is 63.4 cm³/mol. The minimum absolute atomic E-state index is 0.246. The summed E-state index contributed by atoms with van der Waals surface area (Å²) in [6.45, 7) is 1.69. The van der Waals surface area contributed by atoms with Crippen LogP contribution in [0.5, 0.6) is 0 Å². The maximum atomic E-state index is 11.8. The number of aromatic nitrogens is 2. The highest BCUT2D eigenvalue weighted by molar-refractivity contribution is 5.99. The van der Waals surface area contributed by atoms with Gasteiger partial charge in [0.25, 0.3) is 11.5 Å². The summed E-state index contributed by atoms with van der Waals surface area (Å²) in [4.78, 5) is 27.3. The number of aryl methyl sites for hydroxylation is 1. The quantitative estimate of drug-likeness (QED) is 0.833. The van der Waals surface area contributed by atoms with Crippen LogP contribution in [-0.4, -0.2) is 15.6 Å². The van der Waals surface area contributed by atoms with Crippen LogP contribution in [0.4, 0.5) is 0 Å². The third-order valence-electron chi connectivity index (χ3n) is 2.28. The molecule has 17 heavy (non-hydrogen) atoms. The second-order valence-electron chi connectivity index (χ2n) is 3.55.